The molecule has 0 bridgehead atoms. The Morgan fingerprint density at radius 1 is 1.35 bits per heavy atom. The van der Waals surface area contributed by atoms with Crippen LogP contribution in [-0.4, -0.2) is 70.4 Å². The third-order valence-corrected chi connectivity index (χ3v) is 3.17. The number of aliphatic imine (C=N–C) groups is 2. The highest BCUT2D eigenvalue weighted by Crippen LogP contribution is 2.20. The summed E-state index contributed by atoms with van der Waals surface area (Å²) in [5, 5.41) is 3.07. The van der Waals surface area contributed by atoms with E-state index < -0.39 is 6.03 Å². The van der Waals surface area contributed by atoms with Gasteiger partial charge in [-0.1, -0.05) is 0 Å². The van der Waals surface area contributed by atoms with Crippen LogP contribution in [0.5, 0.6) is 0 Å². The van der Waals surface area contributed by atoms with E-state index in [2.05, 4.69) is 22.3 Å². The lowest BCUT2D eigenvalue weighted by molar-refractivity contribution is -0.833. The average Bonchev–Trinajstić information content (AvgIpc) is 2.40. The van der Waals surface area contributed by atoms with E-state index in [0.717, 1.165) is 32.3 Å². The van der Waals surface area contributed by atoms with Crippen molar-refractivity contribution in [1.82, 2.24) is 5.32 Å². The summed E-state index contributed by atoms with van der Waals surface area (Å²) in [6.45, 7) is 3.18. The summed E-state index contributed by atoms with van der Waals surface area (Å²) in [7, 11) is 5.14. The molecule has 2 heterocycles. The number of methoxy groups -OCH3 is 2. The maximum Gasteiger partial charge on any atom is 0.386 e. The van der Waals surface area contributed by atoms with Crippen LogP contribution < -0.4 is 5.32 Å². The first-order chi connectivity index (χ1) is 8.14. The maximum atomic E-state index is 5.37. The molecule has 0 spiro atoms. The van der Waals surface area contributed by atoms with Gasteiger partial charge in [0, 0.05) is 14.2 Å². The number of ether oxygens (including phenoxy) is 3. The zero-order valence-electron chi connectivity index (χ0n) is 10.5. The van der Waals surface area contributed by atoms with E-state index in [0.29, 0.717) is 4.48 Å². The third-order valence-electron chi connectivity index (χ3n) is 3.17. The SMILES string of the molecule is COC1(OC)N=CNC([N+]2(C)CCOCC2)=N1. The van der Waals surface area contributed by atoms with Gasteiger partial charge in [0.2, 0.25) is 0 Å². The first-order valence-corrected chi connectivity index (χ1v) is 5.57. The van der Waals surface area contributed by atoms with Crippen molar-refractivity contribution >= 4 is 12.3 Å². The topological polar surface area (TPSA) is 64.4 Å². The van der Waals surface area contributed by atoms with Gasteiger partial charge in [-0.3, -0.25) is 9.80 Å². The van der Waals surface area contributed by atoms with Crippen molar-refractivity contribution in [3.63, 3.8) is 0 Å². The molecule has 96 valence electrons. The molecule has 7 heteroatoms. The summed E-state index contributed by atoms with van der Waals surface area (Å²) in [6.07, 6.45) is 1.56. The number of quaternary nitrogens is 1. The molecule has 1 saturated heterocycles. The predicted octanol–water partition coefficient (Wildman–Crippen LogP) is -0.645. The Labute approximate surface area is 101 Å². The number of morpholine rings is 1. The van der Waals surface area contributed by atoms with E-state index in [4.69, 9.17) is 14.2 Å². The van der Waals surface area contributed by atoms with Crippen molar-refractivity contribution in [2.24, 2.45) is 9.98 Å². The van der Waals surface area contributed by atoms with E-state index in [1.165, 1.54) is 14.2 Å². The van der Waals surface area contributed by atoms with Crippen LogP contribution in [0.2, 0.25) is 0 Å². The minimum Gasteiger partial charge on any atom is -0.370 e. The number of rotatable bonds is 2. The second kappa shape index (κ2) is 4.69. The molecule has 2 aliphatic heterocycles. The van der Waals surface area contributed by atoms with Crippen LogP contribution in [0.1, 0.15) is 0 Å². The Bertz CT molecular complexity index is 332. The normalized spacial score (nSPS) is 26.2. The Hall–Kier alpha value is -1.02. The molecule has 0 atom stereocenters. The van der Waals surface area contributed by atoms with E-state index in [1.54, 1.807) is 6.34 Å². The van der Waals surface area contributed by atoms with Crippen LogP contribution in [0.3, 0.4) is 0 Å². The van der Waals surface area contributed by atoms with Gasteiger partial charge in [-0.05, 0) is 0 Å². The van der Waals surface area contributed by atoms with Gasteiger partial charge in [-0.25, -0.2) is 0 Å². The first kappa shape index (κ1) is 12.4. The summed E-state index contributed by atoms with van der Waals surface area (Å²) >= 11 is 0. The van der Waals surface area contributed by atoms with Crippen LogP contribution in [0.4, 0.5) is 0 Å². The van der Waals surface area contributed by atoms with E-state index in [-0.39, 0.29) is 0 Å². The summed E-state index contributed by atoms with van der Waals surface area (Å²) in [6, 6.07) is -1.25. The zero-order valence-corrected chi connectivity index (χ0v) is 10.5. The molecule has 0 saturated carbocycles. The van der Waals surface area contributed by atoms with Crippen LogP contribution in [0, 0.1) is 0 Å². The van der Waals surface area contributed by atoms with Crippen molar-refractivity contribution < 1.29 is 18.7 Å². The molecule has 0 radical (unpaired) electrons. The molecule has 1 N–H and O–H groups in total. The van der Waals surface area contributed by atoms with Crippen molar-refractivity contribution in [3.8, 4) is 0 Å². The fourth-order valence-electron chi connectivity index (χ4n) is 1.88. The van der Waals surface area contributed by atoms with Crippen LogP contribution in [0.15, 0.2) is 9.98 Å². The quantitative estimate of drug-likeness (QED) is 0.517. The Morgan fingerprint density at radius 2 is 2.00 bits per heavy atom. The van der Waals surface area contributed by atoms with E-state index in [1.807, 2.05) is 0 Å². The smallest absolute Gasteiger partial charge is 0.370 e. The first-order valence-electron chi connectivity index (χ1n) is 5.57. The molecular weight excluding hydrogens is 224 g/mol. The highest BCUT2D eigenvalue weighted by molar-refractivity contribution is 5.87. The minimum atomic E-state index is -1.25. The van der Waals surface area contributed by atoms with Crippen molar-refractivity contribution in [3.05, 3.63) is 0 Å². The van der Waals surface area contributed by atoms with Crippen molar-refractivity contribution in [1.29, 1.82) is 0 Å². The molecule has 0 amide bonds. The second-order valence-corrected chi connectivity index (χ2v) is 4.25. The number of nitrogens with zero attached hydrogens (tertiary/aromatic N) is 3. The van der Waals surface area contributed by atoms with Gasteiger partial charge >= 0.3 is 12.0 Å². The van der Waals surface area contributed by atoms with Gasteiger partial charge in [0.25, 0.3) is 0 Å². The van der Waals surface area contributed by atoms with Crippen LogP contribution in [0.25, 0.3) is 0 Å². The number of hydrogen-bond donors (Lipinski definition) is 1. The molecule has 0 unspecified atom stereocenters. The standard InChI is InChI=1S/C10H19N4O3/c1-14(4-6-17-7-5-14)9-11-8-12-10(13-9,15-2)16-3/h8H,4-7H2,1-3H3,(H,11,12,13)/q+1. The van der Waals surface area contributed by atoms with Gasteiger partial charge in [0.1, 0.15) is 19.4 Å². The average molecular weight is 243 g/mol. The number of guanidine groups is 1. The van der Waals surface area contributed by atoms with Gasteiger partial charge in [0.15, 0.2) is 0 Å². The van der Waals surface area contributed by atoms with Crippen molar-refractivity contribution in [2.45, 2.75) is 6.03 Å². The number of likely N-dealkylation sites (N-methyl/N-ethyl adjacent to an activating group) is 1. The van der Waals surface area contributed by atoms with E-state index in [9.17, 15) is 0 Å². The Morgan fingerprint density at radius 3 is 2.59 bits per heavy atom. The molecule has 0 aromatic rings. The van der Waals surface area contributed by atoms with Crippen LogP contribution in [-0.2, 0) is 14.2 Å². The maximum absolute atomic E-state index is 5.37. The predicted molar refractivity (Wildman–Crippen MR) is 62.5 cm³/mol. The van der Waals surface area contributed by atoms with Gasteiger partial charge in [0.05, 0.1) is 20.3 Å². The molecule has 7 nitrogen and oxygen atoms in total. The van der Waals surface area contributed by atoms with E-state index >= 15 is 0 Å². The Balaban J connectivity index is 2.23. The second-order valence-electron chi connectivity index (χ2n) is 4.25. The number of nitrogens with one attached hydrogen (secondary N) is 1. The molecule has 1 fully saturated rings. The zero-order chi connectivity index (χ0) is 12.4. The van der Waals surface area contributed by atoms with Gasteiger partial charge in [-0.2, -0.15) is 4.99 Å². The molecule has 0 aliphatic carbocycles. The lowest BCUT2D eigenvalue weighted by Crippen LogP contribution is -2.62. The molecule has 0 aromatic carbocycles. The lowest BCUT2D eigenvalue weighted by Gasteiger charge is -2.38. The molecule has 17 heavy (non-hydrogen) atoms. The summed E-state index contributed by atoms with van der Waals surface area (Å²) in [4.78, 5) is 8.49. The fourth-order valence-corrected chi connectivity index (χ4v) is 1.88. The van der Waals surface area contributed by atoms with Gasteiger partial charge in [-0.15, -0.1) is 4.99 Å². The van der Waals surface area contributed by atoms with Crippen molar-refractivity contribution in [2.75, 3.05) is 47.6 Å². The highest BCUT2D eigenvalue weighted by Gasteiger charge is 2.39. The minimum absolute atomic E-state index is 0.667. The Kier molecular flexibility index (Phi) is 3.43. The van der Waals surface area contributed by atoms with Crippen LogP contribution >= 0.6 is 0 Å². The summed E-state index contributed by atoms with van der Waals surface area (Å²) < 4.78 is 16.4. The monoisotopic (exact) mass is 243 g/mol. The summed E-state index contributed by atoms with van der Waals surface area (Å²) in [5.74, 6) is 0.784. The summed E-state index contributed by atoms with van der Waals surface area (Å²) in [5.41, 5.74) is 0. The molecule has 2 rings (SSSR count). The van der Waals surface area contributed by atoms with Gasteiger partial charge < -0.3 is 14.2 Å². The fraction of sp³-hybridized carbons (Fsp3) is 0.800. The molecular formula is C10H19N4O3+. The molecule has 2 aliphatic rings. The number of hydrogen-bond acceptors (Lipinski definition) is 6. The third kappa shape index (κ3) is 2.32. The highest BCUT2D eigenvalue weighted by atomic mass is 16.7. The molecule has 0 aromatic heterocycles. The largest absolute Gasteiger partial charge is 0.386 e. The lowest BCUT2D eigenvalue weighted by atomic mass is 10.3.